The number of benzene rings is 2. The number of halogens is 2. The molecule has 0 fully saturated rings. The van der Waals surface area contributed by atoms with Gasteiger partial charge in [0, 0.05) is 26.3 Å². The number of anilines is 1. The number of hydrogen-bond acceptors (Lipinski definition) is 2. The molecule has 0 aliphatic carbocycles. The molecule has 1 aliphatic rings. The van der Waals surface area contributed by atoms with Gasteiger partial charge >= 0.3 is 0 Å². The van der Waals surface area contributed by atoms with Crippen LogP contribution in [0, 0.1) is 10.5 Å². The highest BCUT2D eigenvalue weighted by Crippen LogP contribution is 2.35. The van der Waals surface area contributed by atoms with E-state index in [1.807, 2.05) is 22.9 Å². The maximum atomic E-state index is 6.09. The number of aromatic nitrogens is 2. The quantitative estimate of drug-likeness (QED) is 0.569. The lowest BCUT2D eigenvalue weighted by Crippen LogP contribution is -2.05. The average molecular weight is 436 g/mol. The lowest BCUT2D eigenvalue weighted by Gasteiger charge is -2.09. The first-order valence-electron chi connectivity index (χ1n) is 7.52. The second-order valence-electron chi connectivity index (χ2n) is 5.70. The second-order valence-corrected chi connectivity index (χ2v) is 7.38. The lowest BCUT2D eigenvalue weighted by atomic mass is 10.1. The molecule has 116 valence electrons. The zero-order chi connectivity index (χ0) is 16.0. The first-order chi connectivity index (χ1) is 11.1. The van der Waals surface area contributed by atoms with E-state index in [0.717, 1.165) is 46.3 Å². The van der Waals surface area contributed by atoms with E-state index in [0.29, 0.717) is 0 Å². The molecule has 0 amide bonds. The molecule has 1 N–H and O–H groups in total. The lowest BCUT2D eigenvalue weighted by molar-refractivity contribution is 0.875. The van der Waals surface area contributed by atoms with Crippen molar-refractivity contribution in [3.05, 3.63) is 62.2 Å². The molecule has 0 saturated carbocycles. The fourth-order valence-corrected chi connectivity index (χ4v) is 3.63. The molecule has 0 spiro atoms. The minimum atomic E-state index is 0.751. The maximum absolute atomic E-state index is 6.09. The summed E-state index contributed by atoms with van der Waals surface area (Å²) >= 11 is 8.42. The van der Waals surface area contributed by atoms with Gasteiger partial charge in [0.2, 0.25) is 0 Å². The molecule has 0 radical (unpaired) electrons. The molecule has 1 aliphatic heterocycles. The van der Waals surface area contributed by atoms with Gasteiger partial charge in [0.15, 0.2) is 0 Å². The van der Waals surface area contributed by atoms with Crippen LogP contribution in [0.15, 0.2) is 42.5 Å². The molecule has 4 rings (SSSR count). The summed E-state index contributed by atoms with van der Waals surface area (Å²) in [6.07, 6.45) is 1.00. The summed E-state index contributed by atoms with van der Waals surface area (Å²) in [6, 6.07) is 14.4. The zero-order valence-corrected chi connectivity index (χ0v) is 15.5. The SMILES string of the molecule is Cc1cc(Cl)ccc1-n1nc(-c2ccc(I)cc2)c2c1NCC2. The van der Waals surface area contributed by atoms with Crippen molar-refractivity contribution in [2.75, 3.05) is 11.9 Å². The largest absolute Gasteiger partial charge is 0.369 e. The Hall–Kier alpha value is -1.53. The summed E-state index contributed by atoms with van der Waals surface area (Å²) in [5, 5.41) is 9.13. The Bertz CT molecular complexity index is 884. The fourth-order valence-electron chi connectivity index (χ4n) is 3.05. The summed E-state index contributed by atoms with van der Waals surface area (Å²) in [5.41, 5.74) is 5.70. The molecule has 0 atom stereocenters. The van der Waals surface area contributed by atoms with Crippen molar-refractivity contribution in [3.8, 4) is 16.9 Å². The second kappa shape index (κ2) is 5.83. The molecule has 3 nitrogen and oxygen atoms in total. The summed E-state index contributed by atoms with van der Waals surface area (Å²) in [4.78, 5) is 0. The first-order valence-corrected chi connectivity index (χ1v) is 8.97. The Kier molecular flexibility index (Phi) is 3.81. The van der Waals surface area contributed by atoms with E-state index in [-0.39, 0.29) is 0 Å². The van der Waals surface area contributed by atoms with E-state index in [1.54, 1.807) is 0 Å². The van der Waals surface area contributed by atoms with Crippen LogP contribution in [0.4, 0.5) is 5.82 Å². The Morgan fingerprint density at radius 1 is 1.17 bits per heavy atom. The highest BCUT2D eigenvalue weighted by Gasteiger charge is 2.24. The number of rotatable bonds is 2. The standard InChI is InChI=1S/C18H15ClIN3/c1-11-10-13(19)4-7-16(11)23-18-15(8-9-21-18)17(22-23)12-2-5-14(20)6-3-12/h2-7,10,21H,8-9H2,1H3. The third-order valence-corrected chi connectivity index (χ3v) is 5.11. The monoisotopic (exact) mass is 435 g/mol. The highest BCUT2D eigenvalue weighted by atomic mass is 127. The van der Waals surface area contributed by atoms with Gasteiger partial charge in [-0.1, -0.05) is 23.7 Å². The van der Waals surface area contributed by atoms with Crippen molar-refractivity contribution in [2.45, 2.75) is 13.3 Å². The van der Waals surface area contributed by atoms with Crippen LogP contribution >= 0.6 is 34.2 Å². The normalized spacial score (nSPS) is 13.0. The number of nitrogens with one attached hydrogen (secondary N) is 1. The van der Waals surface area contributed by atoms with Crippen molar-refractivity contribution in [2.24, 2.45) is 0 Å². The molecule has 2 heterocycles. The van der Waals surface area contributed by atoms with Crippen LogP contribution in [-0.4, -0.2) is 16.3 Å². The van der Waals surface area contributed by atoms with Crippen LogP contribution in [0.25, 0.3) is 16.9 Å². The van der Waals surface area contributed by atoms with Gasteiger partial charge in [-0.3, -0.25) is 0 Å². The van der Waals surface area contributed by atoms with Crippen molar-refractivity contribution < 1.29 is 0 Å². The molecule has 2 aromatic carbocycles. The van der Waals surface area contributed by atoms with Crippen LogP contribution in [-0.2, 0) is 6.42 Å². The summed E-state index contributed by atoms with van der Waals surface area (Å²) in [5.74, 6) is 1.10. The van der Waals surface area contributed by atoms with Crippen molar-refractivity contribution in [3.63, 3.8) is 0 Å². The first kappa shape index (κ1) is 15.0. The Labute approximate surface area is 153 Å². The maximum Gasteiger partial charge on any atom is 0.133 e. The van der Waals surface area contributed by atoms with Gasteiger partial charge in [-0.2, -0.15) is 5.10 Å². The van der Waals surface area contributed by atoms with E-state index < -0.39 is 0 Å². The number of fused-ring (bicyclic) bond motifs is 1. The fraction of sp³-hybridized carbons (Fsp3) is 0.167. The minimum absolute atomic E-state index is 0.751. The van der Waals surface area contributed by atoms with Crippen molar-refractivity contribution in [1.29, 1.82) is 0 Å². The van der Waals surface area contributed by atoms with Crippen LogP contribution in [0.1, 0.15) is 11.1 Å². The molecular weight excluding hydrogens is 421 g/mol. The zero-order valence-electron chi connectivity index (χ0n) is 12.6. The predicted octanol–water partition coefficient (Wildman–Crippen LogP) is 5.07. The van der Waals surface area contributed by atoms with E-state index in [4.69, 9.17) is 16.7 Å². The molecule has 23 heavy (non-hydrogen) atoms. The van der Waals surface area contributed by atoms with Gasteiger partial charge in [0.25, 0.3) is 0 Å². The van der Waals surface area contributed by atoms with Crippen LogP contribution < -0.4 is 5.32 Å². The summed E-state index contributed by atoms with van der Waals surface area (Å²) in [6.45, 7) is 3.02. The predicted molar refractivity (Wildman–Crippen MR) is 104 cm³/mol. The molecular formula is C18H15ClIN3. The van der Waals surface area contributed by atoms with Crippen LogP contribution in [0.2, 0.25) is 5.02 Å². The summed E-state index contributed by atoms with van der Waals surface area (Å²) < 4.78 is 3.25. The van der Waals surface area contributed by atoms with E-state index >= 15 is 0 Å². The van der Waals surface area contributed by atoms with Crippen LogP contribution in [0.5, 0.6) is 0 Å². The molecule has 5 heteroatoms. The third kappa shape index (κ3) is 2.64. The van der Waals surface area contributed by atoms with E-state index in [1.165, 1.54) is 9.13 Å². The highest BCUT2D eigenvalue weighted by molar-refractivity contribution is 14.1. The summed E-state index contributed by atoms with van der Waals surface area (Å²) in [7, 11) is 0. The topological polar surface area (TPSA) is 29.9 Å². The van der Waals surface area contributed by atoms with Gasteiger partial charge in [0.05, 0.1) is 11.4 Å². The number of nitrogens with zero attached hydrogens (tertiary/aromatic N) is 2. The van der Waals surface area contributed by atoms with Crippen molar-refractivity contribution in [1.82, 2.24) is 9.78 Å². The van der Waals surface area contributed by atoms with Crippen LogP contribution in [0.3, 0.4) is 0 Å². The van der Waals surface area contributed by atoms with Gasteiger partial charge in [-0.15, -0.1) is 0 Å². The smallest absolute Gasteiger partial charge is 0.133 e. The molecule has 0 bridgehead atoms. The van der Waals surface area contributed by atoms with Gasteiger partial charge in [0.1, 0.15) is 5.82 Å². The van der Waals surface area contributed by atoms with Gasteiger partial charge in [-0.05, 0) is 71.8 Å². The molecule has 1 aromatic heterocycles. The Balaban J connectivity index is 1.89. The average Bonchev–Trinajstić information content (AvgIpc) is 3.11. The van der Waals surface area contributed by atoms with Gasteiger partial charge in [-0.25, -0.2) is 4.68 Å². The minimum Gasteiger partial charge on any atom is -0.369 e. The number of hydrogen-bond donors (Lipinski definition) is 1. The van der Waals surface area contributed by atoms with E-state index in [2.05, 4.69) is 59.1 Å². The molecule has 0 unspecified atom stereocenters. The molecule has 3 aromatic rings. The van der Waals surface area contributed by atoms with Gasteiger partial charge < -0.3 is 5.32 Å². The number of aryl methyl sites for hydroxylation is 1. The Morgan fingerprint density at radius 2 is 1.96 bits per heavy atom. The third-order valence-electron chi connectivity index (χ3n) is 4.16. The molecule has 0 saturated heterocycles. The van der Waals surface area contributed by atoms with E-state index in [9.17, 15) is 0 Å². The van der Waals surface area contributed by atoms with Crippen molar-refractivity contribution >= 4 is 40.0 Å². The Morgan fingerprint density at radius 3 is 2.70 bits per heavy atom.